The summed E-state index contributed by atoms with van der Waals surface area (Å²) in [4.78, 5) is 36.9. The van der Waals surface area contributed by atoms with Crippen LogP contribution in [0.25, 0.3) is 0 Å². The summed E-state index contributed by atoms with van der Waals surface area (Å²) in [6.07, 6.45) is 3.53. The molecule has 1 amide bonds. The molecule has 2 heterocycles. The first kappa shape index (κ1) is 19.8. The average molecular weight is 418 g/mol. The maximum atomic E-state index is 12.4. The molecular weight excluding hydrogens is 396 g/mol. The third-order valence-corrected chi connectivity index (χ3v) is 7.35. The number of hydrogen-bond acceptors (Lipinski definition) is 7. The van der Waals surface area contributed by atoms with Crippen LogP contribution in [0, 0.1) is 0 Å². The zero-order valence-electron chi connectivity index (χ0n) is 15.9. The summed E-state index contributed by atoms with van der Waals surface area (Å²) in [6, 6.07) is 5.00. The standard InChI is InChI=1S/C20H22N2O6S/c23-18(15-5-4-13-2-1-3-14(13)10-15)11-28-20(25)17-6-7-19(24)22(21-17)16-8-9-29(26,27)12-16/h4-5,10,16H,1-3,6-9,11-12H2/t16-/m1/s1. The van der Waals surface area contributed by atoms with E-state index in [1.807, 2.05) is 12.1 Å². The number of rotatable bonds is 5. The first-order valence-electron chi connectivity index (χ1n) is 9.74. The number of nitrogens with zero attached hydrogens (tertiary/aromatic N) is 2. The molecule has 3 aliphatic rings. The van der Waals surface area contributed by atoms with Crippen LogP contribution in [0.15, 0.2) is 23.3 Å². The Morgan fingerprint density at radius 2 is 1.93 bits per heavy atom. The van der Waals surface area contributed by atoms with E-state index >= 15 is 0 Å². The van der Waals surface area contributed by atoms with Gasteiger partial charge in [0.25, 0.3) is 0 Å². The molecule has 1 aromatic carbocycles. The van der Waals surface area contributed by atoms with Gasteiger partial charge in [-0.3, -0.25) is 9.59 Å². The maximum absolute atomic E-state index is 12.4. The van der Waals surface area contributed by atoms with E-state index in [9.17, 15) is 22.8 Å². The summed E-state index contributed by atoms with van der Waals surface area (Å²) >= 11 is 0. The number of hydrogen-bond donors (Lipinski definition) is 0. The number of ether oxygens (including phenoxy) is 1. The molecule has 0 saturated carbocycles. The van der Waals surface area contributed by atoms with Gasteiger partial charge < -0.3 is 4.74 Å². The zero-order chi connectivity index (χ0) is 20.6. The summed E-state index contributed by atoms with van der Waals surface area (Å²) in [5.41, 5.74) is 2.97. The Morgan fingerprint density at radius 3 is 2.69 bits per heavy atom. The molecule has 1 atom stereocenters. The molecule has 8 nitrogen and oxygen atoms in total. The van der Waals surface area contributed by atoms with Crippen molar-refractivity contribution in [2.45, 2.75) is 44.6 Å². The highest BCUT2D eigenvalue weighted by Crippen LogP contribution is 2.24. The van der Waals surface area contributed by atoms with Crippen LogP contribution in [0.5, 0.6) is 0 Å². The van der Waals surface area contributed by atoms with Crippen LogP contribution in [0.3, 0.4) is 0 Å². The lowest BCUT2D eigenvalue weighted by Gasteiger charge is -2.27. The number of ketones is 1. The zero-order valence-corrected chi connectivity index (χ0v) is 16.7. The molecule has 4 rings (SSSR count). The van der Waals surface area contributed by atoms with Crippen molar-refractivity contribution in [1.82, 2.24) is 5.01 Å². The fourth-order valence-electron chi connectivity index (χ4n) is 4.02. The fraction of sp³-hybridized carbons (Fsp3) is 0.500. The molecule has 9 heteroatoms. The van der Waals surface area contributed by atoms with Crippen LogP contribution in [-0.4, -0.2) is 61.0 Å². The summed E-state index contributed by atoms with van der Waals surface area (Å²) in [5.74, 6) is -1.50. The van der Waals surface area contributed by atoms with E-state index in [1.54, 1.807) is 6.07 Å². The topological polar surface area (TPSA) is 110 Å². The first-order valence-corrected chi connectivity index (χ1v) is 11.6. The second-order valence-electron chi connectivity index (χ2n) is 7.68. The van der Waals surface area contributed by atoms with E-state index in [-0.39, 0.29) is 41.7 Å². The number of Topliss-reactive ketones (excluding diaryl/α,β-unsaturated/α-hetero) is 1. The van der Waals surface area contributed by atoms with Gasteiger partial charge in [0, 0.05) is 18.4 Å². The molecule has 0 unspecified atom stereocenters. The highest BCUT2D eigenvalue weighted by molar-refractivity contribution is 7.91. The Balaban J connectivity index is 1.39. The van der Waals surface area contributed by atoms with Crippen molar-refractivity contribution in [1.29, 1.82) is 0 Å². The van der Waals surface area contributed by atoms with Gasteiger partial charge in [-0.15, -0.1) is 0 Å². The van der Waals surface area contributed by atoms with E-state index in [1.165, 1.54) is 11.1 Å². The van der Waals surface area contributed by atoms with Crippen LogP contribution in [0.4, 0.5) is 0 Å². The third kappa shape index (κ3) is 4.24. The van der Waals surface area contributed by atoms with Crippen molar-refractivity contribution < 1.29 is 27.5 Å². The molecule has 154 valence electrons. The highest BCUT2D eigenvalue weighted by Gasteiger charge is 2.37. The molecule has 0 spiro atoms. The number of esters is 1. The molecular formula is C20H22N2O6S. The summed E-state index contributed by atoms with van der Waals surface area (Å²) < 4.78 is 28.5. The molecule has 29 heavy (non-hydrogen) atoms. The smallest absolute Gasteiger partial charge is 0.354 e. The lowest BCUT2D eigenvalue weighted by Crippen LogP contribution is -2.42. The largest absolute Gasteiger partial charge is 0.453 e. The van der Waals surface area contributed by atoms with Crippen molar-refractivity contribution in [3.8, 4) is 0 Å². The van der Waals surface area contributed by atoms with Gasteiger partial charge in [0.15, 0.2) is 22.2 Å². The Bertz CT molecular complexity index is 1010. The number of benzene rings is 1. The third-order valence-electron chi connectivity index (χ3n) is 5.60. The van der Waals surface area contributed by atoms with Gasteiger partial charge in [0.2, 0.25) is 5.91 Å². The van der Waals surface area contributed by atoms with Crippen LogP contribution in [0.1, 0.15) is 47.2 Å². The molecule has 0 aromatic heterocycles. The first-order chi connectivity index (χ1) is 13.8. The minimum Gasteiger partial charge on any atom is -0.453 e. The van der Waals surface area contributed by atoms with E-state index in [0.717, 1.165) is 24.3 Å². The van der Waals surface area contributed by atoms with E-state index in [2.05, 4.69) is 5.10 Å². The number of hydrazone groups is 1. The highest BCUT2D eigenvalue weighted by atomic mass is 32.2. The Hall–Kier alpha value is -2.55. The van der Waals surface area contributed by atoms with Crippen molar-refractivity contribution in [2.24, 2.45) is 5.10 Å². The molecule has 1 fully saturated rings. The molecule has 0 N–H and O–H groups in total. The second-order valence-corrected chi connectivity index (χ2v) is 9.91. The van der Waals surface area contributed by atoms with Crippen molar-refractivity contribution >= 4 is 33.2 Å². The van der Waals surface area contributed by atoms with Gasteiger partial charge in [-0.1, -0.05) is 12.1 Å². The lowest BCUT2D eigenvalue weighted by atomic mass is 10.0. The second kappa shape index (κ2) is 7.70. The van der Waals surface area contributed by atoms with Gasteiger partial charge in [-0.05, 0) is 42.9 Å². The van der Waals surface area contributed by atoms with Crippen LogP contribution >= 0.6 is 0 Å². The van der Waals surface area contributed by atoms with Crippen molar-refractivity contribution in [3.63, 3.8) is 0 Å². The molecule has 1 saturated heterocycles. The minimum absolute atomic E-state index is 0.00598. The Labute approximate surface area is 168 Å². The van der Waals surface area contributed by atoms with Gasteiger partial charge >= 0.3 is 5.97 Å². The number of aryl methyl sites for hydroxylation is 2. The number of carbonyl (C=O) groups is 3. The molecule has 0 bridgehead atoms. The predicted octanol–water partition coefficient (Wildman–Crippen LogP) is 1.07. The number of carbonyl (C=O) groups excluding carboxylic acids is 3. The molecule has 1 aliphatic carbocycles. The summed E-state index contributed by atoms with van der Waals surface area (Å²) in [5, 5.41) is 5.16. The fourth-order valence-corrected chi connectivity index (χ4v) is 5.71. The number of sulfone groups is 1. The summed E-state index contributed by atoms with van der Waals surface area (Å²) in [6.45, 7) is -0.400. The monoisotopic (exact) mass is 418 g/mol. The SMILES string of the molecule is O=C(OCC(=O)c1ccc2c(c1)CCC2)C1=NN([C@@H]2CCS(=O)(=O)C2)C(=O)CC1. The van der Waals surface area contributed by atoms with Crippen LogP contribution in [0.2, 0.25) is 0 Å². The number of amides is 1. The van der Waals surface area contributed by atoms with Gasteiger partial charge in [0.1, 0.15) is 5.71 Å². The van der Waals surface area contributed by atoms with E-state index in [0.29, 0.717) is 12.0 Å². The quantitative estimate of drug-likeness (QED) is 0.522. The number of fused-ring (bicyclic) bond motifs is 1. The predicted molar refractivity (Wildman–Crippen MR) is 104 cm³/mol. The van der Waals surface area contributed by atoms with Crippen LogP contribution < -0.4 is 0 Å². The van der Waals surface area contributed by atoms with Crippen molar-refractivity contribution in [3.05, 3.63) is 34.9 Å². The minimum atomic E-state index is -3.19. The maximum Gasteiger partial charge on any atom is 0.354 e. The lowest BCUT2D eigenvalue weighted by molar-refractivity contribution is -0.136. The van der Waals surface area contributed by atoms with Gasteiger partial charge in [-0.2, -0.15) is 5.10 Å². The molecule has 1 aromatic rings. The molecule has 2 aliphatic heterocycles. The summed E-state index contributed by atoms with van der Waals surface area (Å²) in [7, 11) is -3.19. The molecule has 0 radical (unpaired) electrons. The normalized spacial score (nSPS) is 22.9. The Kier molecular flexibility index (Phi) is 5.24. The van der Waals surface area contributed by atoms with E-state index in [4.69, 9.17) is 4.74 Å². The Morgan fingerprint density at radius 1 is 1.14 bits per heavy atom. The van der Waals surface area contributed by atoms with Gasteiger partial charge in [0.05, 0.1) is 17.5 Å². The average Bonchev–Trinajstić information content (AvgIpc) is 3.31. The van der Waals surface area contributed by atoms with Crippen molar-refractivity contribution in [2.75, 3.05) is 18.1 Å². The van der Waals surface area contributed by atoms with Gasteiger partial charge in [-0.25, -0.2) is 18.2 Å². The van der Waals surface area contributed by atoms with Crippen LogP contribution in [-0.2, 0) is 37.0 Å². The van der Waals surface area contributed by atoms with E-state index < -0.39 is 28.5 Å².